The number of furan rings is 1. The maximum absolute atomic E-state index is 8.49. The molecule has 4 rings (SSSR count). The second-order valence-corrected chi connectivity index (χ2v) is 7.36. The fourth-order valence-electron chi connectivity index (χ4n) is 3.64. The molecule has 134 valence electrons. The molecule has 3 heteroatoms. The highest BCUT2D eigenvalue weighted by Gasteiger charge is 2.23. The van der Waals surface area contributed by atoms with Gasteiger partial charge in [0.2, 0.25) is 5.69 Å². The lowest BCUT2D eigenvalue weighted by Gasteiger charge is -2.11. The molecule has 0 N–H and O–H groups in total. The van der Waals surface area contributed by atoms with E-state index in [2.05, 4.69) is 47.5 Å². The van der Waals surface area contributed by atoms with Crippen LogP contribution in [-0.2, 0) is 7.05 Å². The van der Waals surface area contributed by atoms with E-state index in [9.17, 15) is 0 Å². The number of hydrogen-bond donors (Lipinski definition) is 0. The van der Waals surface area contributed by atoms with Crippen molar-refractivity contribution in [3.8, 4) is 11.3 Å². The fraction of sp³-hybridized carbons (Fsp3) is 0.250. The van der Waals surface area contributed by atoms with Crippen molar-refractivity contribution in [3.05, 3.63) is 70.7 Å². The molecule has 2 heterocycles. The largest absolute Gasteiger partial charge is 0.455 e. The molecule has 27 heavy (non-hydrogen) atoms. The summed E-state index contributed by atoms with van der Waals surface area (Å²) in [6, 6.07) is 13.9. The van der Waals surface area contributed by atoms with Crippen molar-refractivity contribution < 1.29 is 10.4 Å². The Morgan fingerprint density at radius 3 is 2.56 bits per heavy atom. The van der Waals surface area contributed by atoms with Gasteiger partial charge in [-0.15, -0.1) is 0 Å². The predicted octanol–water partition coefficient (Wildman–Crippen LogP) is 6.37. The maximum Gasteiger partial charge on any atom is 0.216 e. The van der Waals surface area contributed by atoms with Crippen LogP contribution in [0.15, 0.2) is 46.9 Å². The molecular weight excluding hydrogens is 332 g/mol. The number of hydrogen-bond acceptors (Lipinski definition) is 1. The molecule has 0 unspecified atom stereocenters. The van der Waals surface area contributed by atoms with E-state index in [-0.39, 0.29) is 0 Å². The van der Waals surface area contributed by atoms with Crippen molar-refractivity contribution >= 4 is 27.6 Å². The Bertz CT molecular complexity index is 1290. The van der Waals surface area contributed by atoms with E-state index < -0.39 is 5.89 Å². The summed E-state index contributed by atoms with van der Waals surface area (Å²) in [7, 11) is 2.05. The molecule has 0 saturated heterocycles. The first-order valence-electron chi connectivity index (χ1n) is 9.55. The Hall–Kier alpha value is -3.12. The number of benzene rings is 2. The Morgan fingerprint density at radius 2 is 1.85 bits per heavy atom. The summed E-state index contributed by atoms with van der Waals surface area (Å²) in [6.45, 7) is 15.3. The predicted molar refractivity (Wildman–Crippen MR) is 110 cm³/mol. The highest BCUT2D eigenvalue weighted by molar-refractivity contribution is 6.10. The van der Waals surface area contributed by atoms with E-state index in [0.717, 1.165) is 50.0 Å². The van der Waals surface area contributed by atoms with Gasteiger partial charge < -0.3 is 4.42 Å². The maximum atomic E-state index is 8.49. The molecule has 0 aliphatic rings. The first-order chi connectivity index (χ1) is 13.2. The Labute approximate surface area is 161 Å². The number of rotatable bonds is 2. The molecular formula is C24H23N2O+. The van der Waals surface area contributed by atoms with Gasteiger partial charge in [0, 0.05) is 31.2 Å². The van der Waals surface area contributed by atoms with Crippen LogP contribution in [0.1, 0.15) is 37.9 Å². The first kappa shape index (κ1) is 16.1. The summed E-state index contributed by atoms with van der Waals surface area (Å²) >= 11 is 0. The summed E-state index contributed by atoms with van der Waals surface area (Å²) in [5.41, 5.74) is 7.47. The third-order valence-corrected chi connectivity index (χ3v) is 5.34. The molecule has 4 aromatic rings. The SMILES string of the molecule is [2H]C(C)(C)c1cc(C)[n+](C)c(-c2c(C)ccc3c2oc2ccc([N+]#[C-])cc23)c1. The fourth-order valence-corrected chi connectivity index (χ4v) is 3.64. The normalized spacial score (nSPS) is 12.4. The second kappa shape index (κ2) is 6.25. The first-order valence-corrected chi connectivity index (χ1v) is 9.05. The number of fused-ring (bicyclic) bond motifs is 3. The van der Waals surface area contributed by atoms with Crippen molar-refractivity contribution in [1.29, 1.82) is 0 Å². The topological polar surface area (TPSA) is 21.4 Å². The number of pyridine rings is 1. The molecule has 2 aromatic heterocycles. The second-order valence-electron chi connectivity index (χ2n) is 7.36. The van der Waals surface area contributed by atoms with Gasteiger partial charge in [-0.05, 0) is 36.1 Å². The number of nitrogens with zero attached hydrogens (tertiary/aromatic N) is 2. The zero-order valence-corrected chi connectivity index (χ0v) is 16.3. The molecule has 0 bridgehead atoms. The number of aryl methyl sites for hydroxylation is 2. The van der Waals surface area contributed by atoms with Crippen LogP contribution in [0.25, 0.3) is 38.0 Å². The average molecular weight is 356 g/mol. The molecule has 0 atom stereocenters. The van der Waals surface area contributed by atoms with Gasteiger partial charge in [0.15, 0.2) is 11.4 Å². The van der Waals surface area contributed by atoms with Gasteiger partial charge in [-0.25, -0.2) is 4.85 Å². The minimum absolute atomic E-state index is 0.608. The van der Waals surface area contributed by atoms with Crippen molar-refractivity contribution in [2.24, 2.45) is 7.05 Å². The molecule has 0 aliphatic heterocycles. The summed E-state index contributed by atoms with van der Waals surface area (Å²) in [5, 5.41) is 1.97. The lowest BCUT2D eigenvalue weighted by molar-refractivity contribution is -0.666. The molecule has 0 spiro atoms. The van der Waals surface area contributed by atoms with Crippen LogP contribution in [0.5, 0.6) is 0 Å². The monoisotopic (exact) mass is 356 g/mol. The molecule has 0 amide bonds. The minimum atomic E-state index is -0.687. The van der Waals surface area contributed by atoms with E-state index in [4.69, 9.17) is 12.4 Å². The van der Waals surface area contributed by atoms with Gasteiger partial charge in [0.1, 0.15) is 18.2 Å². The smallest absolute Gasteiger partial charge is 0.216 e. The van der Waals surface area contributed by atoms with Gasteiger partial charge in [0.25, 0.3) is 0 Å². The standard InChI is InChI=1S/C24H23N2O/c1-14(2)17-11-16(4)26(6)21(12-17)23-15(3)7-9-19-20-13-18(25-5)8-10-22(20)27-24(19)23/h7-14H,1-4,6H3/q+1/i14D. The van der Waals surface area contributed by atoms with Crippen LogP contribution >= 0.6 is 0 Å². The van der Waals surface area contributed by atoms with Crippen molar-refractivity contribution in [2.45, 2.75) is 33.6 Å². The van der Waals surface area contributed by atoms with E-state index in [1.807, 2.05) is 33.0 Å². The molecule has 0 aliphatic carbocycles. The van der Waals surface area contributed by atoms with Gasteiger partial charge in [-0.2, -0.15) is 4.57 Å². The highest BCUT2D eigenvalue weighted by atomic mass is 16.3. The van der Waals surface area contributed by atoms with Crippen LogP contribution in [0.3, 0.4) is 0 Å². The summed E-state index contributed by atoms with van der Waals surface area (Å²) in [5.74, 6) is -0.687. The van der Waals surface area contributed by atoms with Crippen LogP contribution in [0.4, 0.5) is 5.69 Å². The van der Waals surface area contributed by atoms with Crippen LogP contribution in [-0.4, -0.2) is 0 Å². The molecule has 0 fully saturated rings. The van der Waals surface area contributed by atoms with Crippen molar-refractivity contribution in [1.82, 2.24) is 0 Å². The van der Waals surface area contributed by atoms with Crippen molar-refractivity contribution in [2.75, 3.05) is 0 Å². The molecule has 2 aromatic carbocycles. The lowest BCUT2D eigenvalue weighted by atomic mass is 9.96. The number of aromatic nitrogens is 1. The Kier molecular flexibility index (Phi) is 3.72. The lowest BCUT2D eigenvalue weighted by Crippen LogP contribution is -2.35. The van der Waals surface area contributed by atoms with E-state index in [1.165, 1.54) is 0 Å². The van der Waals surface area contributed by atoms with E-state index in [0.29, 0.717) is 5.69 Å². The van der Waals surface area contributed by atoms with E-state index >= 15 is 0 Å². The summed E-state index contributed by atoms with van der Waals surface area (Å²) in [6.07, 6.45) is 0. The minimum Gasteiger partial charge on any atom is -0.455 e. The Morgan fingerprint density at radius 1 is 1.07 bits per heavy atom. The van der Waals surface area contributed by atoms with Gasteiger partial charge in [-0.1, -0.05) is 32.0 Å². The zero-order chi connectivity index (χ0) is 20.2. The third-order valence-electron chi connectivity index (χ3n) is 5.34. The molecule has 0 radical (unpaired) electrons. The van der Waals surface area contributed by atoms with Gasteiger partial charge in [-0.3, -0.25) is 0 Å². The highest BCUT2D eigenvalue weighted by Crippen LogP contribution is 2.38. The summed E-state index contributed by atoms with van der Waals surface area (Å²) in [4.78, 5) is 3.55. The Balaban J connectivity index is 2.11. The quantitative estimate of drug-likeness (QED) is 0.302. The average Bonchev–Trinajstić information content (AvgIpc) is 3.00. The molecule has 0 saturated carbocycles. The van der Waals surface area contributed by atoms with Crippen LogP contribution in [0, 0.1) is 20.4 Å². The van der Waals surface area contributed by atoms with Crippen LogP contribution < -0.4 is 4.57 Å². The zero-order valence-electron chi connectivity index (χ0n) is 17.3. The third kappa shape index (κ3) is 2.69. The molecule has 3 nitrogen and oxygen atoms in total. The van der Waals surface area contributed by atoms with Crippen molar-refractivity contribution in [3.63, 3.8) is 0 Å². The van der Waals surface area contributed by atoms with E-state index in [1.54, 1.807) is 6.07 Å². The van der Waals surface area contributed by atoms with Crippen LogP contribution in [0.2, 0.25) is 0 Å². The van der Waals surface area contributed by atoms with Gasteiger partial charge in [0.05, 0.1) is 12.1 Å². The summed E-state index contributed by atoms with van der Waals surface area (Å²) < 4.78 is 16.9. The van der Waals surface area contributed by atoms with Gasteiger partial charge >= 0.3 is 0 Å².